The van der Waals surface area contributed by atoms with E-state index in [-0.39, 0.29) is 31.3 Å². The number of rotatable bonds is 40. The lowest BCUT2D eigenvalue weighted by Crippen LogP contribution is -2.37. The van der Waals surface area contributed by atoms with Crippen LogP contribution in [0.15, 0.2) is 10.2 Å². The molecule has 0 saturated heterocycles. The second-order valence-corrected chi connectivity index (χ2v) is 18.2. The van der Waals surface area contributed by atoms with Crippen LogP contribution in [0.5, 0.6) is 0 Å². The Hall–Kier alpha value is -1.39. The quantitative estimate of drug-likeness (QED) is 0.0281. The number of nitrogens with zero attached hydrogens (tertiary/aromatic N) is 3. The van der Waals surface area contributed by atoms with Crippen molar-refractivity contribution in [1.82, 2.24) is 0 Å². The molecule has 11 nitrogen and oxygen atoms in total. The van der Waals surface area contributed by atoms with Gasteiger partial charge in [-0.15, -0.1) is 0 Å². The van der Waals surface area contributed by atoms with Crippen LogP contribution in [0.3, 0.4) is 0 Å². The highest BCUT2D eigenvalue weighted by atomic mass is 31.2. The van der Waals surface area contributed by atoms with E-state index in [0.717, 1.165) is 51.4 Å². The van der Waals surface area contributed by atoms with Gasteiger partial charge in [-0.25, -0.2) is 4.57 Å². The second kappa shape index (κ2) is 31.7. The number of carbonyl (C=O) groups is 2. The minimum absolute atomic E-state index is 0.0149. The number of ether oxygens (including phenoxy) is 2. The van der Waals surface area contributed by atoms with E-state index in [9.17, 15) is 19.0 Å². The maximum Gasteiger partial charge on any atom is 0.472 e. The van der Waals surface area contributed by atoms with E-state index in [1.54, 1.807) is 0 Å². The van der Waals surface area contributed by atoms with Gasteiger partial charge < -0.3 is 18.9 Å². The lowest BCUT2D eigenvalue weighted by molar-refractivity contribution is -0.870. The molecular weight excluding hydrogens is 705 g/mol. The van der Waals surface area contributed by atoms with Gasteiger partial charge in [0, 0.05) is 12.8 Å². The highest BCUT2D eigenvalue weighted by Gasteiger charge is 2.38. The zero-order chi connectivity index (χ0) is 39.8. The third-order valence-corrected chi connectivity index (χ3v) is 11.2. The highest BCUT2D eigenvalue weighted by molar-refractivity contribution is 7.47. The first-order chi connectivity index (χ1) is 25.9. The summed E-state index contributed by atoms with van der Waals surface area (Å²) >= 11 is 0. The minimum atomic E-state index is -4.37. The van der Waals surface area contributed by atoms with Crippen LogP contribution in [0.4, 0.5) is 0 Å². The van der Waals surface area contributed by atoms with Crippen LogP contribution in [-0.2, 0) is 32.7 Å². The fourth-order valence-electron chi connectivity index (χ4n) is 6.50. The molecule has 0 aromatic carbocycles. The van der Waals surface area contributed by atoms with Crippen molar-refractivity contribution >= 4 is 19.8 Å². The number of unbranched alkanes of at least 4 members (excludes halogenated alkanes) is 22. The molecule has 0 aromatic heterocycles. The lowest BCUT2D eigenvalue weighted by Gasteiger charge is -2.24. The Bertz CT molecular complexity index is 1020. The van der Waals surface area contributed by atoms with Crippen LogP contribution in [0.1, 0.15) is 200 Å². The number of phosphoric acid groups is 1. The molecule has 0 bridgehead atoms. The molecular formula is C42H83N3O8P+. The molecule has 0 radical (unpaired) electrons. The largest absolute Gasteiger partial charge is 0.472 e. The van der Waals surface area contributed by atoms with Crippen molar-refractivity contribution in [3.8, 4) is 0 Å². The summed E-state index contributed by atoms with van der Waals surface area (Å²) in [6.07, 6.45) is 31.4. The zero-order valence-corrected chi connectivity index (χ0v) is 36.4. The van der Waals surface area contributed by atoms with Gasteiger partial charge in [-0.3, -0.25) is 18.6 Å². The number of esters is 2. The smallest absolute Gasteiger partial charge is 0.462 e. The van der Waals surface area contributed by atoms with E-state index in [0.29, 0.717) is 23.9 Å². The summed E-state index contributed by atoms with van der Waals surface area (Å²) in [4.78, 5) is 35.4. The number of quaternary nitrogens is 1. The van der Waals surface area contributed by atoms with Crippen molar-refractivity contribution in [2.75, 3.05) is 47.5 Å². The molecule has 1 N–H and O–H groups in total. The van der Waals surface area contributed by atoms with Gasteiger partial charge in [0.2, 0.25) is 0 Å². The second-order valence-electron chi connectivity index (χ2n) is 16.7. The normalized spacial score (nSPS) is 15.2. The SMILES string of the molecule is CCCCCCCCCCCCCCCC(=O)OCC(COP(=O)(O)OCC[N+](C)(C)C)OC(=O)CCCCCCCCCCCCC1(CCCC)N=N1. The standard InChI is InChI=1S/C42H82N3O8P/c1-6-8-10-11-12-13-14-15-16-19-22-25-28-31-40(46)50-37-39(38-52-54(48,49)51-36-35-45(3,4)5)53-41(47)32-29-26-23-20-17-18-21-24-27-30-34-42(43-44-42)33-9-7-2/h39H,6-38H2,1-5H3/p+1. The average molecular weight is 789 g/mol. The van der Waals surface area contributed by atoms with Crippen molar-refractivity contribution in [2.24, 2.45) is 10.2 Å². The molecule has 0 saturated carbocycles. The predicted molar refractivity (Wildman–Crippen MR) is 218 cm³/mol. The van der Waals surface area contributed by atoms with Gasteiger partial charge in [0.25, 0.3) is 0 Å². The van der Waals surface area contributed by atoms with Crippen LogP contribution in [0.2, 0.25) is 0 Å². The molecule has 0 aromatic rings. The summed E-state index contributed by atoms with van der Waals surface area (Å²) in [6, 6.07) is 0. The number of hydrogen-bond acceptors (Lipinski definition) is 9. The number of carbonyl (C=O) groups excluding carboxylic acids is 2. The topological polar surface area (TPSA) is 133 Å². The Labute approximate surface area is 330 Å². The molecule has 0 amide bonds. The van der Waals surface area contributed by atoms with Gasteiger partial charge in [-0.05, 0) is 38.5 Å². The third-order valence-electron chi connectivity index (χ3n) is 10.2. The molecule has 1 rings (SSSR count). The summed E-state index contributed by atoms with van der Waals surface area (Å²) in [6.45, 7) is 4.38. The number of hydrogen-bond donors (Lipinski definition) is 1. The molecule has 1 heterocycles. The van der Waals surface area contributed by atoms with Crippen LogP contribution in [-0.4, -0.2) is 80.6 Å². The van der Waals surface area contributed by atoms with Crippen molar-refractivity contribution in [3.63, 3.8) is 0 Å². The minimum Gasteiger partial charge on any atom is -0.462 e. The van der Waals surface area contributed by atoms with E-state index in [4.69, 9.17) is 18.5 Å². The Kier molecular flexibility index (Phi) is 29.7. The van der Waals surface area contributed by atoms with Crippen molar-refractivity contribution < 1.29 is 42.1 Å². The zero-order valence-electron chi connectivity index (χ0n) is 35.5. The summed E-state index contributed by atoms with van der Waals surface area (Å²) in [5.41, 5.74) is -0.0149. The summed E-state index contributed by atoms with van der Waals surface area (Å²) < 4.78 is 34.3. The number of likely N-dealkylation sites (N-methyl/N-ethyl adjacent to an activating group) is 1. The molecule has 54 heavy (non-hydrogen) atoms. The molecule has 0 fully saturated rings. The molecule has 1 aliphatic heterocycles. The van der Waals surface area contributed by atoms with Gasteiger partial charge >= 0.3 is 19.8 Å². The van der Waals surface area contributed by atoms with Crippen LogP contribution < -0.4 is 0 Å². The third kappa shape index (κ3) is 31.8. The van der Waals surface area contributed by atoms with E-state index in [1.807, 2.05) is 21.1 Å². The van der Waals surface area contributed by atoms with Crippen LogP contribution in [0.25, 0.3) is 0 Å². The molecule has 1 aliphatic rings. The first-order valence-corrected chi connectivity index (χ1v) is 23.6. The first-order valence-electron chi connectivity index (χ1n) is 22.1. The Morgan fingerprint density at radius 2 is 1.02 bits per heavy atom. The summed E-state index contributed by atoms with van der Waals surface area (Å²) in [5.74, 6) is -0.801. The Morgan fingerprint density at radius 1 is 0.593 bits per heavy atom. The average Bonchev–Trinajstić information content (AvgIpc) is 3.90. The van der Waals surface area contributed by atoms with Crippen LogP contribution >= 0.6 is 7.82 Å². The molecule has 2 atom stereocenters. The molecule has 318 valence electrons. The first kappa shape index (κ1) is 50.6. The van der Waals surface area contributed by atoms with Gasteiger partial charge in [-0.2, -0.15) is 10.2 Å². The summed E-state index contributed by atoms with van der Waals surface area (Å²) in [5, 5.41) is 8.60. The van der Waals surface area contributed by atoms with E-state index in [2.05, 4.69) is 24.1 Å². The van der Waals surface area contributed by atoms with E-state index < -0.39 is 26.5 Å². The predicted octanol–water partition coefficient (Wildman–Crippen LogP) is 11.8. The van der Waals surface area contributed by atoms with Crippen molar-refractivity contribution in [2.45, 2.75) is 212 Å². The Morgan fingerprint density at radius 3 is 1.48 bits per heavy atom. The lowest BCUT2D eigenvalue weighted by atomic mass is 9.98. The highest BCUT2D eigenvalue weighted by Crippen LogP contribution is 2.43. The molecule has 0 aliphatic carbocycles. The fraction of sp³-hybridized carbons (Fsp3) is 0.952. The van der Waals surface area contributed by atoms with Gasteiger partial charge in [0.05, 0.1) is 27.7 Å². The molecule has 0 spiro atoms. The van der Waals surface area contributed by atoms with Crippen LogP contribution in [0, 0.1) is 0 Å². The van der Waals surface area contributed by atoms with Gasteiger partial charge in [-0.1, -0.05) is 149 Å². The molecule has 2 unspecified atom stereocenters. The maximum absolute atomic E-state index is 12.7. The monoisotopic (exact) mass is 789 g/mol. The number of phosphoric ester groups is 1. The summed E-state index contributed by atoms with van der Waals surface area (Å²) in [7, 11) is 1.47. The van der Waals surface area contributed by atoms with Gasteiger partial charge in [0.15, 0.2) is 11.8 Å². The molecule has 12 heteroatoms. The van der Waals surface area contributed by atoms with E-state index >= 15 is 0 Å². The maximum atomic E-state index is 12.7. The fourth-order valence-corrected chi connectivity index (χ4v) is 7.24. The van der Waals surface area contributed by atoms with E-state index in [1.165, 1.54) is 116 Å². The van der Waals surface area contributed by atoms with Crippen molar-refractivity contribution in [3.05, 3.63) is 0 Å². The van der Waals surface area contributed by atoms with Crippen molar-refractivity contribution in [1.29, 1.82) is 0 Å². The van der Waals surface area contributed by atoms with Gasteiger partial charge in [0.1, 0.15) is 19.8 Å². The Balaban J connectivity index is 2.26.